The van der Waals surface area contributed by atoms with E-state index in [1.807, 2.05) is 0 Å². The predicted molar refractivity (Wildman–Crippen MR) is 123 cm³/mol. The molecule has 0 saturated carbocycles. The molecular formula is C24H49NaO4S. The predicted octanol–water partition coefficient (Wildman–Crippen LogP) is 4.11. The van der Waals surface area contributed by atoms with Crippen molar-refractivity contribution in [3.8, 4) is 0 Å². The van der Waals surface area contributed by atoms with E-state index in [0.717, 1.165) is 12.8 Å². The van der Waals surface area contributed by atoms with Gasteiger partial charge in [-0.2, -0.15) is 0 Å². The molecule has 30 heavy (non-hydrogen) atoms. The molecule has 4 nitrogen and oxygen atoms in total. The molecule has 0 heterocycles. The molecule has 2 atom stereocenters. The van der Waals surface area contributed by atoms with Gasteiger partial charge in [0.2, 0.25) is 0 Å². The van der Waals surface area contributed by atoms with Gasteiger partial charge in [-0.25, -0.2) is 8.42 Å². The maximum atomic E-state index is 11.1. The Morgan fingerprint density at radius 2 is 0.900 bits per heavy atom. The third kappa shape index (κ3) is 22.1. The van der Waals surface area contributed by atoms with Crippen molar-refractivity contribution in [3.05, 3.63) is 0 Å². The second-order valence-corrected chi connectivity index (χ2v) is 10.5. The topological polar surface area (TPSA) is 77.4 Å². The summed E-state index contributed by atoms with van der Waals surface area (Å²) in [4.78, 5) is 0. The van der Waals surface area contributed by atoms with Crippen molar-refractivity contribution in [1.29, 1.82) is 0 Å². The number of aliphatic hydroxyl groups is 1. The summed E-state index contributed by atoms with van der Waals surface area (Å²) in [6.07, 6.45) is 23.8. The van der Waals surface area contributed by atoms with Gasteiger partial charge in [0.05, 0.1) is 11.4 Å². The first-order chi connectivity index (χ1) is 13.9. The van der Waals surface area contributed by atoms with Crippen LogP contribution in [0.15, 0.2) is 0 Å². The summed E-state index contributed by atoms with van der Waals surface area (Å²) in [6.45, 7) is 3.66. The molecule has 0 radical (unpaired) electrons. The van der Waals surface area contributed by atoms with Gasteiger partial charge in [0.1, 0.15) is 10.1 Å². The molecule has 0 amide bonds. The quantitative estimate of drug-likeness (QED) is 0.151. The number of hydrogen-bond donors (Lipinski definition) is 1. The fourth-order valence-corrected chi connectivity index (χ4v) is 4.99. The van der Waals surface area contributed by atoms with Gasteiger partial charge in [-0.1, -0.05) is 129 Å². The molecule has 0 bridgehead atoms. The fourth-order valence-electron chi connectivity index (χ4n) is 4.05. The Balaban J connectivity index is 0. The monoisotopic (exact) mass is 456 g/mol. The van der Waals surface area contributed by atoms with E-state index in [-0.39, 0.29) is 36.0 Å². The zero-order valence-corrected chi connectivity index (χ0v) is 23.2. The van der Waals surface area contributed by atoms with E-state index >= 15 is 0 Å². The Bertz CT molecular complexity index is 440. The second kappa shape index (κ2) is 23.0. The smallest absolute Gasteiger partial charge is 0.748 e. The van der Waals surface area contributed by atoms with Crippen LogP contribution in [0.3, 0.4) is 0 Å². The Hall–Kier alpha value is 0.870. The average molecular weight is 457 g/mol. The fraction of sp³-hybridized carbons (Fsp3) is 1.00. The Morgan fingerprint density at radius 1 is 0.633 bits per heavy atom. The number of hydrogen-bond acceptors (Lipinski definition) is 4. The third-order valence-corrected chi connectivity index (χ3v) is 7.37. The molecule has 176 valence electrons. The van der Waals surface area contributed by atoms with Crippen LogP contribution in [0.25, 0.3) is 0 Å². The van der Waals surface area contributed by atoms with Gasteiger partial charge in [-0.3, -0.25) is 0 Å². The molecule has 6 heteroatoms. The van der Waals surface area contributed by atoms with Crippen LogP contribution in [0.2, 0.25) is 0 Å². The first-order valence-corrected chi connectivity index (χ1v) is 14.0. The summed E-state index contributed by atoms with van der Waals surface area (Å²) in [7, 11) is -4.39. The van der Waals surface area contributed by atoms with Crippen molar-refractivity contribution in [2.24, 2.45) is 0 Å². The molecule has 0 saturated heterocycles. The number of aliphatic hydroxyl groups excluding tert-OH is 1. The summed E-state index contributed by atoms with van der Waals surface area (Å²) in [5.74, 6) is 0. The molecule has 0 aliphatic heterocycles. The zero-order chi connectivity index (χ0) is 21.8. The van der Waals surface area contributed by atoms with Gasteiger partial charge in [0.15, 0.2) is 0 Å². The number of rotatable bonds is 22. The molecule has 0 aromatic carbocycles. The van der Waals surface area contributed by atoms with E-state index in [1.54, 1.807) is 0 Å². The standard InChI is InChI=1S/C24H50O4S.Na/c1-3-4-5-6-7-8-9-10-11-12-13-14-15-16-17-18-19-20-21-22-24(23(2)25)29(26,27)28;/h23-25H,3-22H2,1-2H3,(H,26,27,28);/q;+1/p-1. The molecule has 0 aliphatic rings. The van der Waals surface area contributed by atoms with Crippen LogP contribution >= 0.6 is 0 Å². The maximum absolute atomic E-state index is 11.1. The molecule has 0 fully saturated rings. The zero-order valence-electron chi connectivity index (χ0n) is 20.4. The van der Waals surface area contributed by atoms with Crippen molar-refractivity contribution in [1.82, 2.24) is 0 Å². The summed E-state index contributed by atoms with van der Waals surface area (Å²) >= 11 is 0. The van der Waals surface area contributed by atoms with Crippen molar-refractivity contribution < 1.29 is 47.6 Å². The van der Waals surface area contributed by atoms with E-state index < -0.39 is 21.5 Å². The van der Waals surface area contributed by atoms with Crippen molar-refractivity contribution in [2.45, 2.75) is 154 Å². The third-order valence-electron chi connectivity index (χ3n) is 6.00. The minimum absolute atomic E-state index is 0. The van der Waals surface area contributed by atoms with Crippen molar-refractivity contribution in [3.63, 3.8) is 0 Å². The summed E-state index contributed by atoms with van der Waals surface area (Å²) in [5.41, 5.74) is 0. The molecular weight excluding hydrogens is 407 g/mol. The van der Waals surface area contributed by atoms with Gasteiger partial charge < -0.3 is 9.66 Å². The summed E-state index contributed by atoms with van der Waals surface area (Å²) in [6, 6.07) is 0. The van der Waals surface area contributed by atoms with Gasteiger partial charge in [0, 0.05) is 0 Å². The van der Waals surface area contributed by atoms with Gasteiger partial charge in [-0.05, 0) is 13.3 Å². The Labute approximate surface area is 210 Å². The molecule has 0 aliphatic carbocycles. The molecule has 0 rings (SSSR count). The van der Waals surface area contributed by atoms with Crippen LogP contribution in [0, 0.1) is 0 Å². The minimum Gasteiger partial charge on any atom is -0.748 e. The Morgan fingerprint density at radius 3 is 1.13 bits per heavy atom. The van der Waals surface area contributed by atoms with Crippen LogP contribution < -0.4 is 29.6 Å². The largest absolute Gasteiger partial charge is 1.00 e. The molecule has 2 unspecified atom stereocenters. The average Bonchev–Trinajstić information content (AvgIpc) is 2.65. The van der Waals surface area contributed by atoms with Crippen LogP contribution in [0.5, 0.6) is 0 Å². The van der Waals surface area contributed by atoms with Gasteiger partial charge in [0.25, 0.3) is 0 Å². The van der Waals surface area contributed by atoms with Gasteiger partial charge in [-0.15, -0.1) is 0 Å². The van der Waals surface area contributed by atoms with E-state index in [2.05, 4.69) is 6.92 Å². The first kappa shape index (κ1) is 33.0. The molecule has 1 N–H and O–H groups in total. The van der Waals surface area contributed by atoms with Crippen molar-refractivity contribution in [2.75, 3.05) is 0 Å². The van der Waals surface area contributed by atoms with Crippen molar-refractivity contribution >= 4 is 10.1 Å². The van der Waals surface area contributed by atoms with E-state index in [0.29, 0.717) is 6.42 Å². The summed E-state index contributed by atoms with van der Waals surface area (Å²) in [5, 5.41) is 8.27. The maximum Gasteiger partial charge on any atom is 1.00 e. The van der Waals surface area contributed by atoms with Crippen LogP contribution in [0.4, 0.5) is 0 Å². The minimum atomic E-state index is -4.39. The van der Waals surface area contributed by atoms with E-state index in [1.165, 1.54) is 110 Å². The van der Waals surface area contributed by atoms with Gasteiger partial charge >= 0.3 is 29.6 Å². The normalized spacial score (nSPS) is 13.7. The van der Waals surface area contributed by atoms with E-state index in [4.69, 9.17) is 0 Å². The number of unbranched alkanes of at least 4 members (excludes halogenated alkanes) is 18. The SMILES string of the molecule is CCCCCCCCCCCCCCCCCCCCCC(C(C)O)S(=O)(=O)[O-].[Na+]. The molecule has 0 aromatic heterocycles. The first-order valence-electron chi connectivity index (χ1n) is 12.5. The van der Waals surface area contributed by atoms with Crippen LogP contribution in [-0.2, 0) is 10.1 Å². The van der Waals surface area contributed by atoms with Crippen LogP contribution in [0.1, 0.15) is 142 Å². The Kier molecular flexibility index (Phi) is 25.4. The van der Waals surface area contributed by atoms with E-state index in [9.17, 15) is 18.1 Å². The molecule has 0 spiro atoms. The summed E-state index contributed by atoms with van der Waals surface area (Å²) < 4.78 is 33.2. The molecule has 0 aromatic rings. The second-order valence-electron chi connectivity index (χ2n) is 8.92. The van der Waals surface area contributed by atoms with Crippen LogP contribution in [-0.4, -0.2) is 29.4 Å².